The first-order chi connectivity index (χ1) is 9.84. The van der Waals surface area contributed by atoms with E-state index in [4.69, 9.17) is 0 Å². The van der Waals surface area contributed by atoms with Crippen molar-refractivity contribution >= 4 is 17.1 Å². The van der Waals surface area contributed by atoms with Crippen LogP contribution in [0.1, 0.15) is 5.56 Å². The predicted octanol–water partition coefficient (Wildman–Crippen LogP) is 2.27. The van der Waals surface area contributed by atoms with Gasteiger partial charge in [0, 0.05) is 11.4 Å². The van der Waals surface area contributed by atoms with Gasteiger partial charge < -0.3 is 4.90 Å². The van der Waals surface area contributed by atoms with Crippen molar-refractivity contribution in [1.82, 2.24) is 0 Å². The molecular weight excluding hydrogens is 249 g/mol. The van der Waals surface area contributed by atoms with Crippen LogP contribution in [0.3, 0.4) is 0 Å². The molecule has 3 aromatic carbocycles. The molecule has 3 aromatic rings. The topological polar surface area (TPSA) is 3.24 Å². The smallest absolute Gasteiger partial charge is 0.334 e. The average Bonchev–Trinajstić information content (AvgIpc) is 2.50. The number of rotatable bonds is 3. The van der Waals surface area contributed by atoms with Gasteiger partial charge in [-0.05, 0) is 24.3 Å². The Balaban J connectivity index is 0.00000161. The molecule has 2 heteroatoms. The van der Waals surface area contributed by atoms with Gasteiger partial charge in [0.15, 0.2) is 0 Å². The number of nitrogens with zero attached hydrogens (tertiary/aromatic N) is 1. The maximum absolute atomic E-state index is 3.33. The zero-order chi connectivity index (χ0) is 13.8. The molecule has 0 aliphatic rings. The number of benzene rings is 3. The van der Waals surface area contributed by atoms with E-state index in [-0.39, 0.29) is 18.9 Å². The van der Waals surface area contributed by atoms with Gasteiger partial charge in [0.05, 0.1) is 0 Å². The number of aryl methyl sites for hydroxylation is 1. The fourth-order valence-corrected chi connectivity index (χ4v) is 2.27. The molecule has 0 heterocycles. The van der Waals surface area contributed by atoms with Crippen molar-refractivity contribution in [1.29, 1.82) is 0 Å². The molecule has 0 saturated heterocycles. The minimum absolute atomic E-state index is 0. The summed E-state index contributed by atoms with van der Waals surface area (Å²) in [7, 11) is 0. The third kappa shape index (κ3) is 3.58. The van der Waals surface area contributed by atoms with Gasteiger partial charge >= 0.3 is 18.9 Å². The Kier molecular flexibility index (Phi) is 5.28. The first-order valence-electron chi connectivity index (χ1n) is 6.73. The van der Waals surface area contributed by atoms with Crippen LogP contribution < -0.4 is 23.8 Å². The second-order valence-electron chi connectivity index (χ2n) is 4.76. The summed E-state index contributed by atoms with van der Waals surface area (Å²) in [5.41, 5.74) is 4.57. The van der Waals surface area contributed by atoms with Crippen LogP contribution in [0, 0.1) is 13.0 Å². The molecule has 0 bridgehead atoms. The van der Waals surface area contributed by atoms with Gasteiger partial charge in [-0.2, -0.15) is 23.8 Å². The van der Waals surface area contributed by atoms with E-state index in [2.05, 4.69) is 78.6 Å². The van der Waals surface area contributed by atoms with Crippen LogP contribution >= 0.6 is 0 Å². The fraction of sp³-hybridized carbons (Fsp3) is 0.0526. The van der Waals surface area contributed by atoms with Gasteiger partial charge in [0.25, 0.3) is 0 Å². The predicted molar refractivity (Wildman–Crippen MR) is 84.7 cm³/mol. The van der Waals surface area contributed by atoms with E-state index in [1.54, 1.807) is 0 Å². The molecule has 0 amide bonds. The normalized spacial score (nSPS) is 9.76. The Morgan fingerprint density at radius 1 is 0.762 bits per heavy atom. The van der Waals surface area contributed by atoms with E-state index in [0.717, 1.165) is 17.1 Å². The third-order valence-electron chi connectivity index (χ3n) is 3.21. The summed E-state index contributed by atoms with van der Waals surface area (Å²) in [4.78, 5) is 2.22. The monoisotopic (exact) mass is 265 g/mol. The summed E-state index contributed by atoms with van der Waals surface area (Å²) in [6.07, 6.45) is 0. The Morgan fingerprint density at radius 3 is 1.76 bits per heavy atom. The van der Waals surface area contributed by atoms with Gasteiger partial charge in [-0.1, -0.05) is 49.0 Å². The fourth-order valence-electron chi connectivity index (χ4n) is 2.27. The van der Waals surface area contributed by atoms with Crippen LogP contribution in [0.5, 0.6) is 0 Å². The Bertz CT molecular complexity index is 641. The molecule has 0 radical (unpaired) electrons. The summed E-state index contributed by atoms with van der Waals surface area (Å²) in [6.45, 7) is 2.10. The standard InChI is InChI=1S/C19H16N.Li/c1-16-9-8-14-19(15-16)20(17-10-4-2-5-11-17)18-12-6-3-7-13-18;/h2-13,15H,1H3;/q-1;+1. The van der Waals surface area contributed by atoms with Crippen LogP contribution in [-0.2, 0) is 0 Å². The second kappa shape index (κ2) is 7.18. The van der Waals surface area contributed by atoms with Crippen molar-refractivity contribution < 1.29 is 18.9 Å². The van der Waals surface area contributed by atoms with E-state index in [1.807, 2.05) is 18.2 Å². The molecule has 0 N–H and O–H groups in total. The van der Waals surface area contributed by atoms with Gasteiger partial charge in [0.2, 0.25) is 0 Å². The summed E-state index contributed by atoms with van der Waals surface area (Å²) in [5.74, 6) is 0. The van der Waals surface area contributed by atoms with Gasteiger partial charge in [-0.3, -0.25) is 0 Å². The maximum Gasteiger partial charge on any atom is 1.00 e. The SMILES string of the molecule is Cc1cc[c-]c(N(c2ccccc2)c2ccccc2)c1.[Li+]. The summed E-state index contributed by atoms with van der Waals surface area (Å²) >= 11 is 0. The van der Waals surface area contributed by atoms with Crippen molar-refractivity contribution in [2.45, 2.75) is 6.92 Å². The van der Waals surface area contributed by atoms with Gasteiger partial charge in [-0.25, -0.2) is 0 Å². The van der Waals surface area contributed by atoms with Gasteiger partial charge in [-0.15, -0.1) is 6.07 Å². The minimum Gasteiger partial charge on any atom is -0.334 e. The molecule has 0 aliphatic heterocycles. The molecule has 3 rings (SSSR count). The number of hydrogen-bond donors (Lipinski definition) is 0. The molecule has 0 spiro atoms. The van der Waals surface area contributed by atoms with Crippen LogP contribution in [0.25, 0.3) is 0 Å². The molecule has 0 unspecified atom stereocenters. The molecule has 21 heavy (non-hydrogen) atoms. The first kappa shape index (κ1) is 15.4. The molecule has 1 nitrogen and oxygen atoms in total. The van der Waals surface area contributed by atoms with Crippen LogP contribution in [0.15, 0.2) is 78.9 Å². The largest absolute Gasteiger partial charge is 1.00 e. The van der Waals surface area contributed by atoms with E-state index in [1.165, 1.54) is 5.56 Å². The Labute approximate surface area is 138 Å². The maximum atomic E-state index is 3.33. The number of anilines is 3. The summed E-state index contributed by atoms with van der Waals surface area (Å²) < 4.78 is 0. The zero-order valence-corrected chi connectivity index (χ0v) is 12.5. The van der Waals surface area contributed by atoms with E-state index in [0.29, 0.717) is 0 Å². The number of hydrogen-bond acceptors (Lipinski definition) is 1. The summed E-state index contributed by atoms with van der Waals surface area (Å²) in [5, 5.41) is 0. The van der Waals surface area contributed by atoms with Crippen molar-refractivity contribution in [2.75, 3.05) is 4.90 Å². The van der Waals surface area contributed by atoms with E-state index in [9.17, 15) is 0 Å². The van der Waals surface area contributed by atoms with Crippen molar-refractivity contribution in [3.05, 3.63) is 90.5 Å². The van der Waals surface area contributed by atoms with E-state index < -0.39 is 0 Å². The molecule has 0 aliphatic carbocycles. The van der Waals surface area contributed by atoms with E-state index >= 15 is 0 Å². The van der Waals surface area contributed by atoms with Crippen LogP contribution in [0.4, 0.5) is 17.1 Å². The Morgan fingerprint density at radius 2 is 1.29 bits per heavy atom. The molecule has 0 aromatic heterocycles. The van der Waals surface area contributed by atoms with Crippen molar-refractivity contribution in [2.24, 2.45) is 0 Å². The molecule has 98 valence electrons. The molecular formula is C19H16LiN. The second-order valence-corrected chi connectivity index (χ2v) is 4.76. The average molecular weight is 265 g/mol. The Hall–Kier alpha value is -1.94. The minimum atomic E-state index is 0. The molecule has 0 saturated carbocycles. The van der Waals surface area contributed by atoms with Crippen molar-refractivity contribution in [3.8, 4) is 0 Å². The third-order valence-corrected chi connectivity index (χ3v) is 3.21. The van der Waals surface area contributed by atoms with Crippen molar-refractivity contribution in [3.63, 3.8) is 0 Å². The number of para-hydroxylation sites is 2. The quantitative estimate of drug-likeness (QED) is 0.519. The van der Waals surface area contributed by atoms with Crippen LogP contribution in [0.2, 0.25) is 0 Å². The molecule has 0 fully saturated rings. The van der Waals surface area contributed by atoms with Gasteiger partial charge in [0.1, 0.15) is 0 Å². The summed E-state index contributed by atoms with van der Waals surface area (Å²) in [6, 6.07) is 30.3. The molecule has 0 atom stereocenters. The zero-order valence-electron chi connectivity index (χ0n) is 12.5. The van der Waals surface area contributed by atoms with Crippen LogP contribution in [-0.4, -0.2) is 0 Å². The first-order valence-corrected chi connectivity index (χ1v) is 6.73.